The van der Waals surface area contributed by atoms with Gasteiger partial charge in [0.25, 0.3) is 5.91 Å². The number of aliphatic hydroxyl groups excluding tert-OH is 1. The summed E-state index contributed by atoms with van der Waals surface area (Å²) in [6, 6.07) is 19.7. The van der Waals surface area contributed by atoms with Gasteiger partial charge in [-0.25, -0.2) is 13.2 Å². The van der Waals surface area contributed by atoms with Gasteiger partial charge < -0.3 is 15.5 Å². The number of carbonyl (C=O) groups is 2. The quantitative estimate of drug-likeness (QED) is 0.324. The molecule has 0 aliphatic carbocycles. The van der Waals surface area contributed by atoms with Gasteiger partial charge in [-0.1, -0.05) is 61.0 Å². The Balaban J connectivity index is 0.00000481. The van der Waals surface area contributed by atoms with Crippen molar-refractivity contribution in [3.05, 3.63) is 101 Å². The van der Waals surface area contributed by atoms with E-state index in [2.05, 4.69) is 5.32 Å². The first-order chi connectivity index (χ1) is 17.2. The van der Waals surface area contributed by atoms with Gasteiger partial charge in [0, 0.05) is 17.1 Å². The van der Waals surface area contributed by atoms with Gasteiger partial charge in [0.15, 0.2) is 6.04 Å². The Morgan fingerprint density at radius 1 is 0.973 bits per heavy atom. The van der Waals surface area contributed by atoms with E-state index < -0.39 is 40.6 Å². The highest BCUT2D eigenvalue weighted by molar-refractivity contribution is 7.89. The molecule has 8 nitrogen and oxygen atoms in total. The van der Waals surface area contributed by atoms with Gasteiger partial charge >= 0.3 is 5.97 Å². The zero-order chi connectivity index (χ0) is 26.3. The van der Waals surface area contributed by atoms with E-state index in [1.807, 2.05) is 37.3 Å². The number of rotatable bonds is 11. The van der Waals surface area contributed by atoms with E-state index in [9.17, 15) is 18.0 Å². The number of hydrogen-bond acceptors (Lipinski definition) is 5. The molecule has 0 aliphatic heterocycles. The number of nitrogens with one attached hydrogen (secondary N) is 1. The number of carboxylic acid groups (broad SMARTS) is 1. The van der Waals surface area contributed by atoms with Gasteiger partial charge in [-0.05, 0) is 53.9 Å². The van der Waals surface area contributed by atoms with Crippen LogP contribution in [0.5, 0.6) is 0 Å². The van der Waals surface area contributed by atoms with Gasteiger partial charge in [0.1, 0.15) is 0 Å². The molecule has 3 aromatic carbocycles. The number of aliphatic hydroxyl groups is 1. The first kappa shape index (κ1) is 30.3. The van der Waals surface area contributed by atoms with Crippen LogP contribution in [-0.2, 0) is 21.4 Å². The number of benzene rings is 3. The van der Waals surface area contributed by atoms with Crippen LogP contribution in [0.15, 0.2) is 83.8 Å². The minimum atomic E-state index is -3.93. The minimum Gasteiger partial charge on any atom is -0.480 e. The molecule has 0 aromatic heterocycles. The molecule has 1 amide bonds. The second-order valence-corrected chi connectivity index (χ2v) is 10.4. The molecule has 0 spiro atoms. The van der Waals surface area contributed by atoms with Crippen molar-refractivity contribution in [3.63, 3.8) is 0 Å². The van der Waals surface area contributed by atoms with Crippen LogP contribution in [0.3, 0.4) is 0 Å². The highest BCUT2D eigenvalue weighted by Gasteiger charge is 2.32. The standard InChI is InChI=1S/C26H27ClN2O6S.H2S/c1-2-24(19-6-4-3-5-7-19)29(36(34,35)22-14-12-21(27)13-15-22)16-18-8-10-20(11-9-18)25(31)28-23(17-30)26(32)33;/h3-15,23-24,30H,2,16-17H2,1H3,(H,28,31)(H,32,33);1H2/t23-,24?;/m0./s1. The summed E-state index contributed by atoms with van der Waals surface area (Å²) in [5, 5.41) is 20.8. The van der Waals surface area contributed by atoms with Crippen LogP contribution >= 0.6 is 25.1 Å². The van der Waals surface area contributed by atoms with Crippen LogP contribution in [0, 0.1) is 0 Å². The third kappa shape index (κ3) is 7.56. The van der Waals surface area contributed by atoms with Crippen molar-refractivity contribution in [2.24, 2.45) is 0 Å². The number of carboxylic acids is 1. The third-order valence-electron chi connectivity index (χ3n) is 5.68. The van der Waals surface area contributed by atoms with Crippen LogP contribution in [0.4, 0.5) is 0 Å². The maximum absolute atomic E-state index is 13.8. The summed E-state index contributed by atoms with van der Waals surface area (Å²) in [6.07, 6.45) is 0.523. The van der Waals surface area contributed by atoms with Gasteiger partial charge in [-0.15, -0.1) is 0 Å². The molecule has 0 heterocycles. The Bertz CT molecular complexity index is 1290. The van der Waals surface area contributed by atoms with Crippen molar-refractivity contribution in [2.45, 2.75) is 36.9 Å². The average Bonchev–Trinajstić information content (AvgIpc) is 2.88. The van der Waals surface area contributed by atoms with Gasteiger partial charge in [-0.2, -0.15) is 17.8 Å². The van der Waals surface area contributed by atoms with Crippen molar-refractivity contribution in [1.29, 1.82) is 0 Å². The number of hydrogen-bond donors (Lipinski definition) is 3. The molecule has 1 unspecified atom stereocenters. The van der Waals surface area contributed by atoms with Gasteiger partial charge in [-0.3, -0.25) is 4.79 Å². The highest BCUT2D eigenvalue weighted by Crippen LogP contribution is 2.32. The van der Waals surface area contributed by atoms with E-state index in [1.165, 1.54) is 40.7 Å². The first-order valence-corrected chi connectivity index (χ1v) is 13.0. The number of nitrogens with zero attached hydrogens (tertiary/aromatic N) is 1. The lowest BCUT2D eigenvalue weighted by molar-refractivity contribution is -0.140. The Morgan fingerprint density at radius 3 is 2.08 bits per heavy atom. The molecule has 0 fully saturated rings. The lowest BCUT2D eigenvalue weighted by Crippen LogP contribution is -2.43. The average molecular weight is 565 g/mol. The van der Waals surface area contributed by atoms with Crippen molar-refractivity contribution < 1.29 is 28.2 Å². The molecule has 37 heavy (non-hydrogen) atoms. The van der Waals surface area contributed by atoms with Gasteiger partial charge in [0.2, 0.25) is 10.0 Å². The summed E-state index contributed by atoms with van der Waals surface area (Å²) >= 11 is 5.97. The molecule has 3 N–H and O–H groups in total. The van der Waals surface area contributed by atoms with E-state index >= 15 is 0 Å². The second-order valence-electron chi connectivity index (χ2n) is 8.08. The third-order valence-corrected chi connectivity index (χ3v) is 7.80. The van der Waals surface area contributed by atoms with Crippen molar-refractivity contribution in [3.8, 4) is 0 Å². The second kappa shape index (κ2) is 13.6. The van der Waals surface area contributed by atoms with Crippen molar-refractivity contribution in [1.82, 2.24) is 9.62 Å². The zero-order valence-electron chi connectivity index (χ0n) is 20.0. The van der Waals surface area contributed by atoms with E-state index in [0.717, 1.165) is 5.56 Å². The molecule has 11 heteroatoms. The Hall–Kier alpha value is -2.89. The maximum atomic E-state index is 13.8. The molecule has 198 valence electrons. The fourth-order valence-corrected chi connectivity index (χ4v) is 5.56. The molecule has 3 aromatic rings. The summed E-state index contributed by atoms with van der Waals surface area (Å²) < 4.78 is 28.9. The molecule has 0 bridgehead atoms. The van der Waals surface area contributed by atoms with E-state index in [1.54, 1.807) is 12.1 Å². The summed E-state index contributed by atoms with van der Waals surface area (Å²) in [7, 11) is -3.93. The fraction of sp³-hybridized carbons (Fsp3) is 0.231. The Kier molecular flexibility index (Phi) is 11.1. The fourth-order valence-electron chi connectivity index (χ4n) is 3.75. The highest BCUT2D eigenvalue weighted by atomic mass is 35.5. The smallest absolute Gasteiger partial charge is 0.328 e. The van der Waals surface area contributed by atoms with Crippen LogP contribution < -0.4 is 5.32 Å². The van der Waals surface area contributed by atoms with Crippen LogP contribution in [0.1, 0.15) is 40.9 Å². The summed E-state index contributed by atoms with van der Waals surface area (Å²) in [4.78, 5) is 23.5. The molecule has 2 atom stereocenters. The lowest BCUT2D eigenvalue weighted by Gasteiger charge is -2.31. The molecule has 0 aliphatic rings. The molecular weight excluding hydrogens is 536 g/mol. The zero-order valence-corrected chi connectivity index (χ0v) is 22.6. The minimum absolute atomic E-state index is 0. The Morgan fingerprint density at radius 2 is 1.57 bits per heavy atom. The summed E-state index contributed by atoms with van der Waals surface area (Å²) in [5.74, 6) is -2.01. The summed E-state index contributed by atoms with van der Waals surface area (Å²) in [6.45, 7) is 1.21. The van der Waals surface area contributed by atoms with Crippen molar-refractivity contribution in [2.75, 3.05) is 6.61 Å². The maximum Gasteiger partial charge on any atom is 0.328 e. The topological polar surface area (TPSA) is 124 Å². The number of aliphatic carboxylic acids is 1. The molecule has 0 saturated heterocycles. The normalized spacial score (nSPS) is 12.9. The number of amides is 1. The molecular formula is C26H29ClN2O6S2. The molecule has 0 radical (unpaired) electrons. The van der Waals surface area contributed by atoms with E-state index in [4.69, 9.17) is 21.8 Å². The SMILES string of the molecule is CCC(c1ccccc1)N(Cc1ccc(C(=O)N[C@@H](CO)C(=O)O)cc1)S(=O)(=O)c1ccc(Cl)cc1.S. The predicted octanol–water partition coefficient (Wildman–Crippen LogP) is 3.97. The van der Waals surface area contributed by atoms with E-state index in [-0.39, 0.29) is 30.5 Å². The number of halogens is 1. The molecule has 0 saturated carbocycles. The largest absolute Gasteiger partial charge is 0.480 e. The lowest BCUT2D eigenvalue weighted by atomic mass is 10.0. The van der Waals surface area contributed by atoms with Crippen molar-refractivity contribution >= 4 is 47.0 Å². The van der Waals surface area contributed by atoms with Gasteiger partial charge in [0.05, 0.1) is 17.5 Å². The monoisotopic (exact) mass is 564 g/mol. The van der Waals surface area contributed by atoms with Crippen LogP contribution in [0.25, 0.3) is 0 Å². The first-order valence-electron chi connectivity index (χ1n) is 11.2. The number of carbonyl (C=O) groups excluding carboxylic acids is 1. The molecule has 3 rings (SSSR count). The Labute approximate surface area is 228 Å². The van der Waals surface area contributed by atoms with Crippen LogP contribution in [0.2, 0.25) is 5.02 Å². The van der Waals surface area contributed by atoms with E-state index in [0.29, 0.717) is 17.0 Å². The van der Waals surface area contributed by atoms with Crippen LogP contribution in [-0.4, -0.2) is 47.5 Å². The number of sulfonamides is 1. The summed E-state index contributed by atoms with van der Waals surface area (Å²) in [5.41, 5.74) is 1.66. The predicted molar refractivity (Wildman–Crippen MR) is 146 cm³/mol.